The molecule has 0 aliphatic heterocycles. The summed E-state index contributed by atoms with van der Waals surface area (Å²) < 4.78 is 5.23. The van der Waals surface area contributed by atoms with Crippen molar-refractivity contribution in [3.05, 3.63) is 24.3 Å². The van der Waals surface area contributed by atoms with Crippen molar-refractivity contribution in [2.24, 2.45) is 0 Å². The van der Waals surface area contributed by atoms with E-state index in [1.807, 2.05) is 0 Å². The zero-order valence-corrected chi connectivity index (χ0v) is 15.5. The molecule has 0 saturated heterocycles. The van der Waals surface area contributed by atoms with Crippen molar-refractivity contribution in [3.8, 4) is 0 Å². The van der Waals surface area contributed by atoms with Crippen LogP contribution >= 0.6 is 0 Å². The molecule has 0 aromatic rings. The average Bonchev–Trinajstić information content (AvgIpc) is 2.55. The Balaban J connectivity index is 3.29. The summed E-state index contributed by atoms with van der Waals surface area (Å²) in [6, 6.07) is 0. The highest BCUT2D eigenvalue weighted by molar-refractivity contribution is 5.69. The van der Waals surface area contributed by atoms with Gasteiger partial charge in [-0.15, -0.1) is 0 Å². The van der Waals surface area contributed by atoms with Crippen molar-refractivity contribution >= 4 is 5.97 Å². The molecule has 0 amide bonds. The molecule has 0 aliphatic rings. The predicted molar refractivity (Wildman–Crippen MR) is 101 cm³/mol. The first kappa shape index (κ1) is 21.9. The van der Waals surface area contributed by atoms with Gasteiger partial charge in [-0.25, -0.2) is 0 Å². The van der Waals surface area contributed by atoms with Crippen molar-refractivity contribution in [1.29, 1.82) is 0 Å². The third-order valence-corrected chi connectivity index (χ3v) is 3.79. The number of hydrogen-bond donors (Lipinski definition) is 0. The van der Waals surface area contributed by atoms with Crippen molar-refractivity contribution in [2.75, 3.05) is 6.61 Å². The van der Waals surface area contributed by atoms with Crippen LogP contribution in [0, 0.1) is 0 Å². The van der Waals surface area contributed by atoms with Crippen LogP contribution in [0.3, 0.4) is 0 Å². The Hall–Kier alpha value is -1.05. The molecule has 0 bridgehead atoms. The minimum atomic E-state index is -0.0458. The lowest BCUT2D eigenvalue weighted by molar-refractivity contribution is -0.143. The predicted octanol–water partition coefficient (Wildman–Crippen LogP) is 6.75. The van der Waals surface area contributed by atoms with Crippen molar-refractivity contribution in [3.63, 3.8) is 0 Å². The van der Waals surface area contributed by atoms with Gasteiger partial charge in [0.2, 0.25) is 0 Å². The van der Waals surface area contributed by atoms with Crippen LogP contribution in [0.2, 0.25) is 0 Å². The second-order valence-corrected chi connectivity index (χ2v) is 6.19. The Morgan fingerprint density at radius 3 is 2.00 bits per heavy atom. The van der Waals surface area contributed by atoms with Crippen LogP contribution in [-0.2, 0) is 9.53 Å². The number of carbonyl (C=O) groups excluding carboxylic acids is 1. The Bertz CT molecular complexity index is 305. The van der Waals surface area contributed by atoms with Gasteiger partial charge in [0.15, 0.2) is 0 Å². The molecule has 0 unspecified atom stereocenters. The largest absolute Gasteiger partial charge is 0.466 e. The molecule has 23 heavy (non-hydrogen) atoms. The van der Waals surface area contributed by atoms with E-state index in [0.29, 0.717) is 13.0 Å². The van der Waals surface area contributed by atoms with Crippen LogP contribution in [0.15, 0.2) is 24.3 Å². The van der Waals surface area contributed by atoms with Crippen LogP contribution in [0.4, 0.5) is 0 Å². The average molecular weight is 323 g/mol. The molecule has 0 fully saturated rings. The number of allylic oxidation sites excluding steroid dienone is 4. The van der Waals surface area contributed by atoms with Crippen molar-refractivity contribution < 1.29 is 9.53 Å². The summed E-state index contributed by atoms with van der Waals surface area (Å²) in [5.74, 6) is -0.0458. The fourth-order valence-electron chi connectivity index (χ4n) is 2.33. The molecule has 0 N–H and O–H groups in total. The Morgan fingerprint density at radius 1 is 0.696 bits per heavy atom. The maximum Gasteiger partial charge on any atom is 0.305 e. The number of unbranched alkanes of at least 4 members (excludes halogenated alkanes) is 8. The summed E-state index contributed by atoms with van der Waals surface area (Å²) in [4.78, 5) is 11.5. The fourth-order valence-corrected chi connectivity index (χ4v) is 2.33. The molecule has 0 aromatic carbocycles. The van der Waals surface area contributed by atoms with E-state index in [1.165, 1.54) is 44.9 Å². The second kappa shape index (κ2) is 19.0. The fraction of sp³-hybridized carbons (Fsp3) is 0.762. The van der Waals surface area contributed by atoms with Gasteiger partial charge >= 0.3 is 5.97 Å². The third kappa shape index (κ3) is 18.9. The van der Waals surface area contributed by atoms with E-state index >= 15 is 0 Å². The molecule has 134 valence electrons. The molecule has 2 nitrogen and oxygen atoms in total. The summed E-state index contributed by atoms with van der Waals surface area (Å²) in [6.07, 6.45) is 23.4. The molecular weight excluding hydrogens is 284 g/mol. The van der Waals surface area contributed by atoms with E-state index in [9.17, 15) is 4.79 Å². The highest BCUT2D eigenvalue weighted by Gasteiger charge is 2.00. The molecule has 0 atom stereocenters. The molecule has 0 spiro atoms. The van der Waals surface area contributed by atoms with Gasteiger partial charge in [0.1, 0.15) is 0 Å². The van der Waals surface area contributed by atoms with Crippen LogP contribution in [0.5, 0.6) is 0 Å². The Kier molecular flexibility index (Phi) is 18.1. The Morgan fingerprint density at radius 2 is 1.30 bits per heavy atom. The SMILES string of the molecule is CCCC=CCCCOC(=O)CCCC=CCCCCCCC. The van der Waals surface area contributed by atoms with E-state index < -0.39 is 0 Å². The van der Waals surface area contributed by atoms with Crippen LogP contribution in [-0.4, -0.2) is 12.6 Å². The van der Waals surface area contributed by atoms with E-state index in [1.54, 1.807) is 0 Å². The molecule has 0 heterocycles. The lowest BCUT2D eigenvalue weighted by atomic mass is 10.1. The number of carbonyl (C=O) groups is 1. The topological polar surface area (TPSA) is 26.3 Å². The molecule has 0 radical (unpaired) electrons. The van der Waals surface area contributed by atoms with E-state index in [-0.39, 0.29) is 5.97 Å². The summed E-state index contributed by atoms with van der Waals surface area (Å²) >= 11 is 0. The molecule has 0 saturated carbocycles. The van der Waals surface area contributed by atoms with Gasteiger partial charge in [-0.05, 0) is 44.9 Å². The summed E-state index contributed by atoms with van der Waals surface area (Å²) in [6.45, 7) is 4.98. The first-order valence-electron chi connectivity index (χ1n) is 9.76. The first-order chi connectivity index (χ1) is 11.3. The van der Waals surface area contributed by atoms with Crippen LogP contribution < -0.4 is 0 Å². The van der Waals surface area contributed by atoms with Crippen LogP contribution in [0.1, 0.15) is 97.3 Å². The zero-order valence-electron chi connectivity index (χ0n) is 15.5. The van der Waals surface area contributed by atoms with Gasteiger partial charge in [0.05, 0.1) is 6.61 Å². The van der Waals surface area contributed by atoms with Gasteiger partial charge in [-0.3, -0.25) is 4.79 Å². The maximum absolute atomic E-state index is 11.5. The normalized spacial score (nSPS) is 11.6. The molecular formula is C21H38O2. The molecule has 2 heteroatoms. The summed E-state index contributed by atoms with van der Waals surface area (Å²) in [5, 5.41) is 0. The molecule has 0 rings (SSSR count). The van der Waals surface area contributed by atoms with E-state index in [2.05, 4.69) is 38.2 Å². The summed E-state index contributed by atoms with van der Waals surface area (Å²) in [5.41, 5.74) is 0. The van der Waals surface area contributed by atoms with Gasteiger partial charge in [-0.2, -0.15) is 0 Å². The zero-order chi connectivity index (χ0) is 17.0. The number of esters is 1. The number of hydrogen-bond acceptors (Lipinski definition) is 2. The monoisotopic (exact) mass is 322 g/mol. The van der Waals surface area contributed by atoms with E-state index in [0.717, 1.165) is 32.1 Å². The maximum atomic E-state index is 11.5. The lowest BCUT2D eigenvalue weighted by Crippen LogP contribution is -2.05. The minimum Gasteiger partial charge on any atom is -0.466 e. The van der Waals surface area contributed by atoms with Crippen LogP contribution in [0.25, 0.3) is 0 Å². The number of rotatable bonds is 16. The van der Waals surface area contributed by atoms with Gasteiger partial charge in [0.25, 0.3) is 0 Å². The quantitative estimate of drug-likeness (QED) is 0.178. The molecule has 0 aromatic heterocycles. The smallest absolute Gasteiger partial charge is 0.305 e. The number of ether oxygens (including phenoxy) is 1. The standard InChI is InChI=1S/C21H38O2/c1-3-5-7-9-11-12-13-14-15-17-19-21(22)23-20-18-16-10-8-6-4-2/h8,10,13-14H,3-7,9,11-12,15-20H2,1-2H3. The minimum absolute atomic E-state index is 0.0458. The first-order valence-corrected chi connectivity index (χ1v) is 9.76. The summed E-state index contributed by atoms with van der Waals surface area (Å²) in [7, 11) is 0. The Labute approximate surface area is 144 Å². The molecule has 0 aliphatic carbocycles. The highest BCUT2D eigenvalue weighted by Crippen LogP contribution is 2.06. The highest BCUT2D eigenvalue weighted by atomic mass is 16.5. The van der Waals surface area contributed by atoms with Gasteiger partial charge < -0.3 is 4.74 Å². The third-order valence-electron chi connectivity index (χ3n) is 3.79. The van der Waals surface area contributed by atoms with Crippen molar-refractivity contribution in [2.45, 2.75) is 97.3 Å². The van der Waals surface area contributed by atoms with Crippen molar-refractivity contribution in [1.82, 2.24) is 0 Å². The van der Waals surface area contributed by atoms with Gasteiger partial charge in [-0.1, -0.05) is 70.3 Å². The van der Waals surface area contributed by atoms with Gasteiger partial charge in [0, 0.05) is 6.42 Å². The second-order valence-electron chi connectivity index (χ2n) is 6.19. The lowest BCUT2D eigenvalue weighted by Gasteiger charge is -2.02. The van der Waals surface area contributed by atoms with E-state index in [4.69, 9.17) is 4.74 Å².